The van der Waals surface area contributed by atoms with Gasteiger partial charge < -0.3 is 10.4 Å². The van der Waals surface area contributed by atoms with Crippen molar-refractivity contribution in [2.24, 2.45) is 0 Å². The van der Waals surface area contributed by atoms with Gasteiger partial charge in [-0.3, -0.25) is 4.98 Å². The minimum Gasteiger partial charge on any atom is -0.394 e. The summed E-state index contributed by atoms with van der Waals surface area (Å²) in [5.74, 6) is 0.752. The van der Waals surface area contributed by atoms with Crippen LogP contribution < -0.4 is 5.32 Å². The fraction of sp³-hybridized carbons (Fsp3) is 0.222. The molecule has 0 aliphatic rings. The molecule has 0 aliphatic carbocycles. The Morgan fingerprint density at radius 2 is 2.00 bits per heavy atom. The van der Waals surface area contributed by atoms with Gasteiger partial charge in [-0.15, -0.1) is 0 Å². The maximum Gasteiger partial charge on any atom is 0.163 e. The lowest BCUT2D eigenvalue weighted by atomic mass is 10.1. The summed E-state index contributed by atoms with van der Waals surface area (Å²) < 4.78 is 1.68. The molecule has 0 spiro atoms. The van der Waals surface area contributed by atoms with Crippen LogP contribution in [0.3, 0.4) is 0 Å². The molecule has 1 aromatic carbocycles. The summed E-state index contributed by atoms with van der Waals surface area (Å²) in [5.41, 5.74) is 2.96. The van der Waals surface area contributed by atoms with Gasteiger partial charge in [-0.25, -0.2) is 14.6 Å². The van der Waals surface area contributed by atoms with Crippen LogP contribution in [0.4, 0.5) is 5.82 Å². The van der Waals surface area contributed by atoms with Crippen molar-refractivity contribution in [1.29, 1.82) is 0 Å². The molecule has 4 rings (SSSR count). The van der Waals surface area contributed by atoms with E-state index in [4.69, 9.17) is 5.11 Å². The molecule has 3 aromatic heterocycles. The quantitative estimate of drug-likeness (QED) is 0.561. The number of nitrogens with one attached hydrogen (secondary N) is 1. The lowest BCUT2D eigenvalue weighted by Gasteiger charge is -2.08. The zero-order valence-electron chi connectivity index (χ0n) is 13.6. The van der Waals surface area contributed by atoms with E-state index in [1.54, 1.807) is 10.9 Å². The molecule has 0 radical (unpaired) electrons. The van der Waals surface area contributed by atoms with E-state index >= 15 is 0 Å². The second-order valence-corrected chi connectivity index (χ2v) is 5.72. The van der Waals surface area contributed by atoms with E-state index in [-0.39, 0.29) is 6.61 Å². The Bertz CT molecular complexity index is 1010. The molecule has 0 amide bonds. The first-order chi connectivity index (χ1) is 12.4. The van der Waals surface area contributed by atoms with Gasteiger partial charge in [-0.05, 0) is 18.1 Å². The number of aromatic nitrogens is 5. The normalized spacial score (nSPS) is 11.2. The number of benzene rings is 1. The monoisotopic (exact) mass is 334 g/mol. The van der Waals surface area contributed by atoms with E-state index in [0.29, 0.717) is 6.54 Å². The molecule has 7 heteroatoms. The van der Waals surface area contributed by atoms with E-state index in [1.807, 2.05) is 12.3 Å². The minimum atomic E-state index is 0.0254. The van der Waals surface area contributed by atoms with Crippen molar-refractivity contribution in [1.82, 2.24) is 24.7 Å². The zero-order valence-corrected chi connectivity index (χ0v) is 13.6. The van der Waals surface area contributed by atoms with Gasteiger partial charge in [0, 0.05) is 18.1 Å². The number of hydrogen-bond donors (Lipinski definition) is 2. The van der Waals surface area contributed by atoms with Crippen molar-refractivity contribution in [3.8, 4) is 0 Å². The number of rotatable bonds is 6. The Morgan fingerprint density at radius 1 is 1.08 bits per heavy atom. The number of hydrogen-bond acceptors (Lipinski definition) is 6. The highest BCUT2D eigenvalue weighted by Crippen LogP contribution is 2.20. The van der Waals surface area contributed by atoms with Gasteiger partial charge in [-0.2, -0.15) is 5.10 Å². The SMILES string of the molecule is OCCn1ncc2c(NCCc3cccc4cccnc34)ncnc21. The van der Waals surface area contributed by atoms with Crippen molar-refractivity contribution in [3.05, 3.63) is 54.6 Å². The molecule has 4 aromatic rings. The van der Waals surface area contributed by atoms with Crippen molar-refractivity contribution < 1.29 is 5.11 Å². The maximum atomic E-state index is 9.10. The first-order valence-electron chi connectivity index (χ1n) is 8.20. The van der Waals surface area contributed by atoms with Crippen molar-refractivity contribution in [3.63, 3.8) is 0 Å². The summed E-state index contributed by atoms with van der Waals surface area (Å²) in [6.07, 6.45) is 5.90. The van der Waals surface area contributed by atoms with E-state index in [1.165, 1.54) is 11.9 Å². The third kappa shape index (κ3) is 3.01. The predicted octanol–water partition coefficient (Wildman–Crippen LogP) is 2.02. The fourth-order valence-electron chi connectivity index (χ4n) is 2.98. The van der Waals surface area contributed by atoms with Crippen LogP contribution in [0.15, 0.2) is 49.1 Å². The molecule has 0 fully saturated rings. The lowest BCUT2D eigenvalue weighted by Crippen LogP contribution is -2.08. The molecular weight excluding hydrogens is 316 g/mol. The molecule has 0 saturated heterocycles. The molecule has 7 nitrogen and oxygen atoms in total. The molecule has 0 atom stereocenters. The highest BCUT2D eigenvalue weighted by atomic mass is 16.3. The van der Waals surface area contributed by atoms with Gasteiger partial charge in [0.1, 0.15) is 12.1 Å². The number of para-hydroxylation sites is 1. The summed E-state index contributed by atoms with van der Waals surface area (Å²) >= 11 is 0. The Morgan fingerprint density at radius 3 is 2.92 bits per heavy atom. The van der Waals surface area contributed by atoms with E-state index in [9.17, 15) is 0 Å². The van der Waals surface area contributed by atoms with Crippen molar-refractivity contribution in [2.45, 2.75) is 13.0 Å². The first-order valence-corrected chi connectivity index (χ1v) is 8.20. The largest absolute Gasteiger partial charge is 0.394 e. The molecule has 3 heterocycles. The number of aliphatic hydroxyl groups excluding tert-OH is 1. The molecule has 126 valence electrons. The molecular formula is C18H18N6O. The average Bonchev–Trinajstić information content (AvgIpc) is 3.06. The smallest absolute Gasteiger partial charge is 0.163 e. The Hall–Kier alpha value is -3.06. The van der Waals surface area contributed by atoms with Crippen LogP contribution in [0.1, 0.15) is 5.56 Å². The van der Waals surface area contributed by atoms with Crippen LogP contribution in [0.2, 0.25) is 0 Å². The standard InChI is InChI=1S/C18H18N6O/c25-10-9-24-18-15(11-23-24)17(21-12-22-18)20-8-6-14-4-1-3-13-5-2-7-19-16(13)14/h1-5,7,11-12,25H,6,8-10H2,(H,20,21,22). The van der Waals surface area contributed by atoms with Crippen LogP contribution >= 0.6 is 0 Å². The van der Waals surface area contributed by atoms with E-state index in [0.717, 1.165) is 40.7 Å². The van der Waals surface area contributed by atoms with Gasteiger partial charge >= 0.3 is 0 Å². The van der Waals surface area contributed by atoms with Crippen LogP contribution in [-0.2, 0) is 13.0 Å². The van der Waals surface area contributed by atoms with Gasteiger partial charge in [0.05, 0.1) is 30.3 Å². The number of fused-ring (bicyclic) bond motifs is 2. The Balaban J connectivity index is 1.53. The molecule has 0 aliphatic heterocycles. The van der Waals surface area contributed by atoms with Crippen LogP contribution in [0, 0.1) is 0 Å². The third-order valence-corrected chi connectivity index (χ3v) is 4.15. The Labute approximate surface area is 144 Å². The highest BCUT2D eigenvalue weighted by Gasteiger charge is 2.09. The summed E-state index contributed by atoms with van der Waals surface area (Å²) in [6, 6.07) is 10.3. The summed E-state index contributed by atoms with van der Waals surface area (Å²) in [6.45, 7) is 1.17. The van der Waals surface area contributed by atoms with Gasteiger partial charge in [-0.1, -0.05) is 24.3 Å². The summed E-state index contributed by atoms with van der Waals surface area (Å²) in [4.78, 5) is 13.1. The van der Waals surface area contributed by atoms with Crippen LogP contribution in [-0.4, -0.2) is 43.0 Å². The Kier molecular flexibility index (Phi) is 4.22. The molecule has 0 unspecified atom stereocenters. The summed E-state index contributed by atoms with van der Waals surface area (Å²) in [7, 11) is 0. The van der Waals surface area contributed by atoms with Crippen LogP contribution in [0.25, 0.3) is 21.9 Å². The highest BCUT2D eigenvalue weighted by molar-refractivity contribution is 5.86. The van der Waals surface area contributed by atoms with E-state index in [2.05, 4.69) is 49.6 Å². The average molecular weight is 334 g/mol. The van der Waals surface area contributed by atoms with Gasteiger partial charge in [0.15, 0.2) is 5.65 Å². The third-order valence-electron chi connectivity index (χ3n) is 4.15. The van der Waals surface area contributed by atoms with Gasteiger partial charge in [0.2, 0.25) is 0 Å². The van der Waals surface area contributed by atoms with Crippen molar-refractivity contribution >= 4 is 27.8 Å². The fourth-order valence-corrected chi connectivity index (χ4v) is 2.98. The molecule has 0 saturated carbocycles. The number of aliphatic hydroxyl groups is 1. The second-order valence-electron chi connectivity index (χ2n) is 5.72. The first kappa shape index (κ1) is 15.5. The summed E-state index contributed by atoms with van der Waals surface area (Å²) in [5, 5.41) is 18.7. The van der Waals surface area contributed by atoms with Crippen molar-refractivity contribution in [2.75, 3.05) is 18.5 Å². The maximum absolute atomic E-state index is 9.10. The second kappa shape index (κ2) is 6.82. The molecule has 0 bridgehead atoms. The number of nitrogens with zero attached hydrogens (tertiary/aromatic N) is 5. The zero-order chi connectivity index (χ0) is 17.1. The van der Waals surface area contributed by atoms with Gasteiger partial charge in [0.25, 0.3) is 0 Å². The molecule has 25 heavy (non-hydrogen) atoms. The van der Waals surface area contributed by atoms with Crippen LogP contribution in [0.5, 0.6) is 0 Å². The van der Waals surface area contributed by atoms with E-state index < -0.39 is 0 Å². The lowest BCUT2D eigenvalue weighted by molar-refractivity contribution is 0.271. The molecule has 2 N–H and O–H groups in total. The predicted molar refractivity (Wildman–Crippen MR) is 96.3 cm³/mol. The topological polar surface area (TPSA) is 88.8 Å². The number of anilines is 1. The number of pyridine rings is 1. The minimum absolute atomic E-state index is 0.0254.